The van der Waals surface area contributed by atoms with Gasteiger partial charge in [0.15, 0.2) is 11.6 Å². The van der Waals surface area contributed by atoms with Gasteiger partial charge in [-0.15, -0.1) is 0 Å². The molecule has 2 atom stereocenters. The Balaban J connectivity index is 0.000000302. The van der Waals surface area contributed by atoms with Crippen molar-refractivity contribution < 1.29 is 57.4 Å². The van der Waals surface area contributed by atoms with Gasteiger partial charge >= 0.3 is 18.0 Å². The number of methoxy groups -OCH3 is 2. The minimum Gasteiger partial charge on any atom is -0.467 e. The van der Waals surface area contributed by atoms with Gasteiger partial charge in [-0.3, -0.25) is 34.1 Å². The molecule has 0 saturated heterocycles. The summed E-state index contributed by atoms with van der Waals surface area (Å²) in [7, 11) is 2.33. The van der Waals surface area contributed by atoms with Gasteiger partial charge in [0.1, 0.15) is 17.7 Å². The number of carbonyl (C=O) groups is 9. The zero-order chi connectivity index (χ0) is 59.4. The van der Waals surface area contributed by atoms with Crippen LogP contribution >= 0.6 is 46.4 Å². The van der Waals surface area contributed by atoms with Gasteiger partial charge in [0.05, 0.1) is 58.5 Å². The van der Waals surface area contributed by atoms with Crippen LogP contribution in [0.2, 0.25) is 20.1 Å². The molecule has 6 aromatic rings. The third-order valence-corrected chi connectivity index (χ3v) is 12.8. The van der Waals surface area contributed by atoms with Crippen molar-refractivity contribution in [2.75, 3.05) is 38.4 Å². The molecule has 0 aliphatic carbocycles. The minimum absolute atomic E-state index is 0.00218. The molecule has 0 fully saturated rings. The fourth-order valence-corrected chi connectivity index (χ4v) is 8.92. The van der Waals surface area contributed by atoms with E-state index in [9.17, 15) is 43.2 Å². The number of carbonyl (C=O) groups excluding carboxylic acids is 9. The fourth-order valence-electron chi connectivity index (χ4n) is 7.61. The Morgan fingerprint density at radius 1 is 0.494 bits per heavy atom. The number of Topliss-reactive ketones (excluding diaryl/α,β-unsaturated/α-hetero) is 2. The Hall–Kier alpha value is -8.29. The van der Waals surface area contributed by atoms with E-state index >= 15 is 0 Å². The molecule has 0 spiro atoms. The lowest BCUT2D eigenvalue weighted by molar-refractivity contribution is -0.144. The zero-order valence-corrected chi connectivity index (χ0v) is 47.6. The van der Waals surface area contributed by atoms with Crippen molar-refractivity contribution in [3.63, 3.8) is 0 Å². The monoisotopic (exact) mass is 1180 g/mol. The van der Waals surface area contributed by atoms with Crippen molar-refractivity contribution in [2.24, 2.45) is 0 Å². The molecule has 424 valence electrons. The first-order chi connectivity index (χ1) is 38.5. The van der Waals surface area contributed by atoms with Crippen molar-refractivity contribution >= 4 is 111 Å². The van der Waals surface area contributed by atoms with Crippen LogP contribution in [-0.4, -0.2) is 98.2 Å². The van der Waals surface area contributed by atoms with Crippen LogP contribution in [0.5, 0.6) is 0 Å². The molecule has 0 bridgehead atoms. The normalized spacial score (nSPS) is 11.5. The quantitative estimate of drug-likeness (QED) is 0.0223. The minimum atomic E-state index is -1.18. The molecule has 0 radical (unpaired) electrons. The molecule has 81 heavy (non-hydrogen) atoms. The highest BCUT2D eigenvalue weighted by Crippen LogP contribution is 2.33. The van der Waals surface area contributed by atoms with Crippen LogP contribution in [-0.2, 0) is 33.4 Å². The zero-order valence-electron chi connectivity index (χ0n) is 44.6. The second-order valence-corrected chi connectivity index (χ2v) is 20.4. The number of hydrogen-bond donors (Lipinski definition) is 6. The van der Waals surface area contributed by atoms with Crippen LogP contribution in [0.1, 0.15) is 87.9 Å². The van der Waals surface area contributed by atoms with E-state index in [1.54, 1.807) is 75.4 Å². The van der Waals surface area contributed by atoms with Crippen LogP contribution < -0.4 is 32.3 Å². The lowest BCUT2D eigenvalue weighted by atomic mass is 10.0. The van der Waals surface area contributed by atoms with Gasteiger partial charge in [0.25, 0.3) is 23.6 Å². The summed E-state index contributed by atoms with van der Waals surface area (Å²) < 4.78 is 14.8. The Kier molecular flexibility index (Phi) is 23.8. The smallest absolute Gasteiger partial charge is 0.412 e. The number of ketones is 2. The number of amides is 5. The fraction of sp³-hybridized carbons (Fsp3) is 0.237. The maximum atomic E-state index is 13.1. The molecule has 22 heteroatoms. The summed E-state index contributed by atoms with van der Waals surface area (Å²) in [5.41, 5.74) is 9.39. The highest BCUT2D eigenvalue weighted by molar-refractivity contribution is 6.41. The van der Waals surface area contributed by atoms with Gasteiger partial charge in [-0.05, 0) is 117 Å². The van der Waals surface area contributed by atoms with Crippen molar-refractivity contribution in [1.82, 2.24) is 21.3 Å². The largest absolute Gasteiger partial charge is 0.467 e. The van der Waals surface area contributed by atoms with Crippen molar-refractivity contribution in [3.05, 3.63) is 176 Å². The number of benzene rings is 6. The summed E-state index contributed by atoms with van der Waals surface area (Å²) in [5.74, 6) is -4.65. The highest BCUT2D eigenvalue weighted by Gasteiger charge is 2.28. The van der Waals surface area contributed by atoms with E-state index in [0.717, 1.165) is 23.8 Å². The molecule has 5 amide bonds. The van der Waals surface area contributed by atoms with E-state index in [-0.39, 0.29) is 81.3 Å². The Morgan fingerprint density at radius 2 is 0.889 bits per heavy atom. The lowest BCUT2D eigenvalue weighted by Crippen LogP contribution is -2.42. The molecule has 0 aliphatic heterocycles. The Bertz CT molecular complexity index is 3240. The third kappa shape index (κ3) is 19.8. The molecule has 0 aliphatic rings. The van der Waals surface area contributed by atoms with Gasteiger partial charge in [0.2, 0.25) is 0 Å². The van der Waals surface area contributed by atoms with Crippen LogP contribution in [0, 0.1) is 0 Å². The van der Waals surface area contributed by atoms with E-state index in [0.29, 0.717) is 22.5 Å². The molecule has 0 unspecified atom stereocenters. The van der Waals surface area contributed by atoms with Gasteiger partial charge in [-0.2, -0.15) is 0 Å². The van der Waals surface area contributed by atoms with Crippen LogP contribution in [0.15, 0.2) is 133 Å². The molecular formula is C59H58Cl4N6O12. The second kappa shape index (κ2) is 30.3. The number of esters is 2. The Morgan fingerprint density at radius 3 is 1.27 bits per heavy atom. The molecule has 0 heterocycles. The summed E-state index contributed by atoms with van der Waals surface area (Å²) in [6.45, 7) is 4.59. The summed E-state index contributed by atoms with van der Waals surface area (Å²) in [4.78, 5) is 113. The average Bonchev–Trinajstić information content (AvgIpc) is 3.46. The number of nitrogen functional groups attached to an aromatic ring is 1. The standard InChI is InChI=1S/C32H33Cl2N3O7.C27H25Cl2N3O5/c1-32(2,3)44-31(42)36-22-12-8-11-20(15-22)28(39)35-18-23(38)13-14-26(30(41)43-4)37-29(40)27-24(33)16-21(17-25(27)34)19-9-6-5-7-10-19;1-37-27(36)23(11-10-20(33)15-31-25(34)17-8-5-9-19(30)12-17)32-26(35)24-21(28)13-18(14-22(24)29)16-6-3-2-4-7-16/h5-12,15-17,26H,13-14,18H2,1-4H3,(H,35,39)(H,36,42)(H,37,40);2-9,12-14,23H,10-11,15,30H2,1H3,(H,31,34)(H,32,35)/t26-;23-/m00/s1. The van der Waals surface area contributed by atoms with Gasteiger partial charge in [-0.25, -0.2) is 14.4 Å². The number of nitrogens with two attached hydrogens (primary N) is 1. The number of hydrogen-bond acceptors (Lipinski definition) is 13. The maximum Gasteiger partial charge on any atom is 0.412 e. The summed E-state index contributed by atoms with van der Waals surface area (Å²) in [6.07, 6.45) is -1.09. The van der Waals surface area contributed by atoms with Crippen molar-refractivity contribution in [2.45, 2.75) is 64.1 Å². The number of anilines is 2. The molecule has 18 nitrogen and oxygen atoms in total. The lowest BCUT2D eigenvalue weighted by Gasteiger charge is -2.19. The molecule has 0 saturated carbocycles. The third-order valence-electron chi connectivity index (χ3n) is 11.6. The van der Waals surface area contributed by atoms with Crippen LogP contribution in [0.4, 0.5) is 16.2 Å². The van der Waals surface area contributed by atoms with E-state index in [1.165, 1.54) is 25.3 Å². The van der Waals surface area contributed by atoms with Gasteiger partial charge in [-0.1, -0.05) is 119 Å². The predicted molar refractivity (Wildman–Crippen MR) is 311 cm³/mol. The summed E-state index contributed by atoms with van der Waals surface area (Å²) >= 11 is 25.5. The molecule has 6 rings (SSSR count). The average molecular weight is 1180 g/mol. The van der Waals surface area contributed by atoms with Gasteiger partial charge < -0.3 is 41.2 Å². The summed E-state index contributed by atoms with van der Waals surface area (Å²) in [6, 6.07) is 35.2. The van der Waals surface area contributed by atoms with Gasteiger partial charge in [0, 0.05) is 35.3 Å². The number of nitrogens with one attached hydrogen (secondary N) is 5. The van der Waals surface area contributed by atoms with E-state index in [2.05, 4.69) is 26.6 Å². The van der Waals surface area contributed by atoms with Crippen LogP contribution in [0.3, 0.4) is 0 Å². The van der Waals surface area contributed by atoms with E-state index in [4.69, 9.17) is 66.3 Å². The highest BCUT2D eigenvalue weighted by atomic mass is 35.5. The molecular weight excluding hydrogens is 1130 g/mol. The second-order valence-electron chi connectivity index (χ2n) is 18.8. The maximum absolute atomic E-state index is 13.1. The van der Waals surface area contributed by atoms with Crippen LogP contribution in [0.25, 0.3) is 22.3 Å². The topological polar surface area (TPSA) is 267 Å². The molecule has 6 aromatic carbocycles. The van der Waals surface area contributed by atoms with E-state index in [1.807, 2.05) is 60.7 Å². The first-order valence-electron chi connectivity index (χ1n) is 24.9. The van der Waals surface area contributed by atoms with E-state index < -0.39 is 65.1 Å². The first-order valence-corrected chi connectivity index (χ1v) is 26.4. The predicted octanol–water partition coefficient (Wildman–Crippen LogP) is 10.4. The number of ether oxygens (including phenoxy) is 3. The summed E-state index contributed by atoms with van der Waals surface area (Å²) in [5, 5.41) is 13.0. The number of rotatable bonds is 21. The Labute approximate surface area is 487 Å². The molecule has 7 N–H and O–H groups in total. The number of halogens is 4. The SMILES string of the molecule is COC(=O)[C@H](CCC(=O)CNC(=O)c1cccc(N)c1)NC(=O)c1c(Cl)cc(-c2ccccc2)cc1Cl.COC(=O)[C@H](CCC(=O)CNC(=O)c1cccc(NC(=O)OC(C)(C)C)c1)NC(=O)c1c(Cl)cc(-c2ccccc2)cc1Cl. The van der Waals surface area contributed by atoms with Crippen molar-refractivity contribution in [1.29, 1.82) is 0 Å². The van der Waals surface area contributed by atoms with Crippen molar-refractivity contribution in [3.8, 4) is 22.3 Å². The first kappa shape index (κ1) is 63.5. The molecule has 0 aromatic heterocycles.